The Kier molecular flexibility index (Phi) is 7.95. The standard InChI is InChI=1S/C19H32BrFO2Si/c1-14-11-12-16(20)18(17(14)21)23-15(2)10-8-9-13-22-24(6,7)19(3,4)5/h11-12,15H,8-10,13H2,1-7H3/t15-/m1/s1. The number of ether oxygens (including phenoxy) is 1. The predicted octanol–water partition coefficient (Wildman–Crippen LogP) is 6.86. The molecule has 0 aliphatic heterocycles. The molecule has 0 N–H and O–H groups in total. The molecule has 0 spiro atoms. The van der Waals surface area contributed by atoms with Crippen LogP contribution in [0.4, 0.5) is 4.39 Å². The van der Waals surface area contributed by atoms with Gasteiger partial charge >= 0.3 is 0 Å². The van der Waals surface area contributed by atoms with Gasteiger partial charge in [0.15, 0.2) is 19.9 Å². The van der Waals surface area contributed by atoms with Gasteiger partial charge in [0.2, 0.25) is 0 Å². The van der Waals surface area contributed by atoms with Crippen molar-refractivity contribution in [3.8, 4) is 5.75 Å². The van der Waals surface area contributed by atoms with Gasteiger partial charge in [-0.25, -0.2) is 4.39 Å². The Hall–Kier alpha value is -0.393. The van der Waals surface area contributed by atoms with Crippen molar-refractivity contribution in [1.82, 2.24) is 0 Å². The first-order valence-electron chi connectivity index (χ1n) is 8.71. The van der Waals surface area contributed by atoms with Crippen LogP contribution in [0.3, 0.4) is 0 Å². The molecule has 0 saturated heterocycles. The van der Waals surface area contributed by atoms with Gasteiger partial charge in [-0.2, -0.15) is 0 Å². The summed E-state index contributed by atoms with van der Waals surface area (Å²) in [5.41, 5.74) is 0.600. The summed E-state index contributed by atoms with van der Waals surface area (Å²) in [6.45, 7) is 15.8. The van der Waals surface area contributed by atoms with E-state index < -0.39 is 8.32 Å². The van der Waals surface area contributed by atoms with E-state index in [0.717, 1.165) is 25.9 Å². The van der Waals surface area contributed by atoms with Crippen LogP contribution in [-0.2, 0) is 4.43 Å². The smallest absolute Gasteiger partial charge is 0.191 e. The van der Waals surface area contributed by atoms with Crippen molar-refractivity contribution in [2.75, 3.05) is 6.61 Å². The molecule has 0 amide bonds. The number of hydrogen-bond donors (Lipinski definition) is 0. The number of aryl methyl sites for hydroxylation is 1. The van der Waals surface area contributed by atoms with Gasteiger partial charge in [-0.3, -0.25) is 0 Å². The minimum atomic E-state index is -1.65. The molecule has 24 heavy (non-hydrogen) atoms. The summed E-state index contributed by atoms with van der Waals surface area (Å²) in [6, 6.07) is 3.57. The van der Waals surface area contributed by atoms with Crippen molar-refractivity contribution in [3.05, 3.63) is 28.0 Å². The Balaban J connectivity index is 2.38. The molecule has 0 aliphatic rings. The number of unbranched alkanes of at least 4 members (excludes halogenated alkanes) is 1. The van der Waals surface area contributed by atoms with E-state index in [9.17, 15) is 4.39 Å². The van der Waals surface area contributed by atoms with Gasteiger partial charge in [0.1, 0.15) is 0 Å². The maximum Gasteiger partial charge on any atom is 0.191 e. The largest absolute Gasteiger partial charge is 0.486 e. The maximum absolute atomic E-state index is 14.1. The van der Waals surface area contributed by atoms with E-state index in [4.69, 9.17) is 9.16 Å². The molecule has 0 fully saturated rings. The van der Waals surface area contributed by atoms with E-state index in [1.165, 1.54) is 0 Å². The van der Waals surface area contributed by atoms with E-state index in [2.05, 4.69) is 49.8 Å². The van der Waals surface area contributed by atoms with Crippen molar-refractivity contribution >= 4 is 24.2 Å². The molecular formula is C19H32BrFO2Si. The van der Waals surface area contributed by atoms with Crippen LogP contribution in [0, 0.1) is 12.7 Å². The minimum absolute atomic E-state index is 0.0227. The molecule has 2 nitrogen and oxygen atoms in total. The van der Waals surface area contributed by atoms with Gasteiger partial charge in [0.25, 0.3) is 0 Å². The highest BCUT2D eigenvalue weighted by Gasteiger charge is 2.36. The number of hydrogen-bond acceptors (Lipinski definition) is 2. The Morgan fingerprint density at radius 3 is 2.42 bits per heavy atom. The molecule has 1 aromatic carbocycles. The van der Waals surface area contributed by atoms with Gasteiger partial charge in [-0.1, -0.05) is 26.8 Å². The number of halogens is 2. The van der Waals surface area contributed by atoms with E-state index in [0.29, 0.717) is 15.8 Å². The lowest BCUT2D eigenvalue weighted by Crippen LogP contribution is -2.40. The second kappa shape index (κ2) is 8.81. The molecule has 0 saturated carbocycles. The highest BCUT2D eigenvalue weighted by molar-refractivity contribution is 9.10. The molecule has 1 atom stereocenters. The molecule has 0 bridgehead atoms. The second-order valence-electron chi connectivity index (χ2n) is 8.04. The molecule has 0 unspecified atom stereocenters. The van der Waals surface area contributed by atoms with Crippen LogP contribution in [0.1, 0.15) is 52.5 Å². The lowest BCUT2D eigenvalue weighted by atomic mass is 10.1. The van der Waals surface area contributed by atoms with Crippen molar-refractivity contribution in [1.29, 1.82) is 0 Å². The molecule has 1 rings (SSSR count). The molecule has 138 valence electrons. The van der Waals surface area contributed by atoms with Crippen molar-refractivity contribution < 1.29 is 13.6 Å². The summed E-state index contributed by atoms with van der Waals surface area (Å²) in [4.78, 5) is 0. The lowest BCUT2D eigenvalue weighted by Gasteiger charge is -2.36. The first-order chi connectivity index (χ1) is 11.0. The van der Waals surface area contributed by atoms with Crippen molar-refractivity contribution in [2.45, 2.75) is 78.1 Å². The summed E-state index contributed by atoms with van der Waals surface area (Å²) in [5.74, 6) is 0.0394. The Bertz CT molecular complexity index is 541. The Morgan fingerprint density at radius 1 is 1.21 bits per heavy atom. The topological polar surface area (TPSA) is 18.5 Å². The number of benzene rings is 1. The fourth-order valence-corrected chi connectivity index (χ4v) is 3.56. The summed E-state index contributed by atoms with van der Waals surface area (Å²) >= 11 is 3.36. The SMILES string of the molecule is Cc1ccc(Br)c(O[C@H](C)CCCCO[Si](C)(C)C(C)(C)C)c1F. The predicted molar refractivity (Wildman–Crippen MR) is 106 cm³/mol. The zero-order valence-electron chi connectivity index (χ0n) is 16.1. The van der Waals surface area contributed by atoms with E-state index in [1.54, 1.807) is 13.0 Å². The van der Waals surface area contributed by atoms with Crippen LogP contribution in [0.5, 0.6) is 5.75 Å². The van der Waals surface area contributed by atoms with Crippen LogP contribution in [0.25, 0.3) is 0 Å². The van der Waals surface area contributed by atoms with Gasteiger partial charge in [0.05, 0.1) is 10.6 Å². The molecule has 1 aromatic rings. The van der Waals surface area contributed by atoms with E-state index in [-0.39, 0.29) is 17.0 Å². The summed E-state index contributed by atoms with van der Waals surface area (Å²) in [5, 5.41) is 0.248. The van der Waals surface area contributed by atoms with Crippen LogP contribution in [-0.4, -0.2) is 21.0 Å². The first-order valence-corrected chi connectivity index (χ1v) is 12.4. The van der Waals surface area contributed by atoms with E-state index >= 15 is 0 Å². The monoisotopic (exact) mass is 418 g/mol. The lowest BCUT2D eigenvalue weighted by molar-refractivity contribution is 0.190. The zero-order chi connectivity index (χ0) is 18.5. The highest BCUT2D eigenvalue weighted by atomic mass is 79.9. The maximum atomic E-state index is 14.1. The fraction of sp³-hybridized carbons (Fsp3) is 0.684. The zero-order valence-corrected chi connectivity index (χ0v) is 18.7. The highest BCUT2D eigenvalue weighted by Crippen LogP contribution is 2.36. The van der Waals surface area contributed by atoms with Crippen LogP contribution in [0.15, 0.2) is 16.6 Å². The third-order valence-corrected chi connectivity index (χ3v) is 10.00. The van der Waals surface area contributed by atoms with Crippen LogP contribution in [0.2, 0.25) is 18.1 Å². The molecule has 0 heterocycles. The van der Waals surface area contributed by atoms with Gasteiger partial charge in [-0.05, 0) is 78.8 Å². The molecule has 0 radical (unpaired) electrons. The number of rotatable bonds is 8. The van der Waals surface area contributed by atoms with Crippen molar-refractivity contribution in [3.63, 3.8) is 0 Å². The normalized spacial score (nSPS) is 13.9. The van der Waals surface area contributed by atoms with Crippen molar-refractivity contribution in [2.24, 2.45) is 0 Å². The third kappa shape index (κ3) is 6.16. The van der Waals surface area contributed by atoms with E-state index in [1.807, 2.05) is 13.0 Å². The molecule has 0 aliphatic carbocycles. The summed E-state index contributed by atoms with van der Waals surface area (Å²) in [7, 11) is -1.65. The van der Waals surface area contributed by atoms with Crippen LogP contribution >= 0.6 is 15.9 Å². The quantitative estimate of drug-likeness (QED) is 0.339. The molecule has 5 heteroatoms. The fourth-order valence-electron chi connectivity index (χ4n) is 2.08. The van der Waals surface area contributed by atoms with Crippen LogP contribution < -0.4 is 4.74 Å². The molecule has 0 aromatic heterocycles. The Morgan fingerprint density at radius 2 is 1.83 bits per heavy atom. The van der Waals surface area contributed by atoms with Gasteiger partial charge < -0.3 is 9.16 Å². The Labute approximate surface area is 156 Å². The van der Waals surface area contributed by atoms with Gasteiger partial charge in [-0.15, -0.1) is 0 Å². The van der Waals surface area contributed by atoms with Gasteiger partial charge in [0, 0.05) is 6.61 Å². The summed E-state index contributed by atoms with van der Waals surface area (Å²) in [6.07, 6.45) is 2.89. The minimum Gasteiger partial charge on any atom is -0.486 e. The average Bonchev–Trinajstić information content (AvgIpc) is 2.46. The summed E-state index contributed by atoms with van der Waals surface area (Å²) < 4.78 is 26.8. The first kappa shape index (κ1) is 21.6. The molecular weight excluding hydrogens is 387 g/mol. The third-order valence-electron chi connectivity index (χ3n) is 4.84. The average molecular weight is 419 g/mol. The second-order valence-corrected chi connectivity index (χ2v) is 13.7.